The maximum Gasteiger partial charge on any atom is 0.417 e. The van der Waals surface area contributed by atoms with Crippen molar-refractivity contribution in [1.82, 2.24) is 4.98 Å². The monoisotopic (exact) mass is 344 g/mol. The molecule has 0 spiro atoms. The number of benzene rings is 1. The molecule has 122 valence electrons. The van der Waals surface area contributed by atoms with Gasteiger partial charge in [-0.05, 0) is 37.3 Å². The van der Waals surface area contributed by atoms with Crippen molar-refractivity contribution in [2.75, 3.05) is 5.32 Å². The SMILES string of the molecule is CC(Sc1ccc(C(F)(F)F)cn1)C(=O)Nc1cccc(F)c1. The maximum absolute atomic E-state index is 13.0. The number of halogens is 4. The van der Waals surface area contributed by atoms with Gasteiger partial charge in [0.15, 0.2) is 0 Å². The van der Waals surface area contributed by atoms with Crippen LogP contribution in [0.2, 0.25) is 0 Å². The third-order valence-electron chi connectivity index (χ3n) is 2.82. The Labute approximate surface area is 134 Å². The van der Waals surface area contributed by atoms with E-state index in [1.807, 2.05) is 0 Å². The van der Waals surface area contributed by atoms with Gasteiger partial charge in [0.2, 0.25) is 5.91 Å². The summed E-state index contributed by atoms with van der Waals surface area (Å²) in [5, 5.41) is 2.21. The summed E-state index contributed by atoms with van der Waals surface area (Å²) in [6.45, 7) is 1.58. The Morgan fingerprint density at radius 3 is 2.57 bits per heavy atom. The standard InChI is InChI=1S/C15H12F4N2OS/c1-9(14(22)21-12-4-2-3-11(16)7-12)23-13-6-5-10(8-20-13)15(17,18)19/h2-9H,1H3,(H,21,22). The lowest BCUT2D eigenvalue weighted by molar-refractivity contribution is -0.137. The second kappa shape index (κ2) is 6.99. The van der Waals surface area contributed by atoms with Gasteiger partial charge >= 0.3 is 6.18 Å². The molecule has 1 aromatic heterocycles. The normalized spacial score (nSPS) is 12.7. The van der Waals surface area contributed by atoms with Crippen LogP contribution in [-0.4, -0.2) is 16.1 Å². The van der Waals surface area contributed by atoms with Gasteiger partial charge in [0.25, 0.3) is 0 Å². The number of carbonyl (C=O) groups excluding carboxylic acids is 1. The number of pyridine rings is 1. The van der Waals surface area contributed by atoms with Crippen molar-refractivity contribution >= 4 is 23.4 Å². The van der Waals surface area contributed by atoms with Crippen molar-refractivity contribution in [2.24, 2.45) is 0 Å². The van der Waals surface area contributed by atoms with E-state index in [1.165, 1.54) is 30.3 Å². The summed E-state index contributed by atoms with van der Waals surface area (Å²) in [7, 11) is 0. The van der Waals surface area contributed by atoms with Gasteiger partial charge in [0.05, 0.1) is 15.8 Å². The molecule has 0 radical (unpaired) electrons. The molecule has 0 aliphatic heterocycles. The highest BCUT2D eigenvalue weighted by Gasteiger charge is 2.30. The molecule has 23 heavy (non-hydrogen) atoms. The summed E-state index contributed by atoms with van der Waals surface area (Å²) >= 11 is 1.01. The fourth-order valence-electron chi connectivity index (χ4n) is 1.66. The molecule has 8 heteroatoms. The second-order valence-corrected chi connectivity index (χ2v) is 6.00. The number of amides is 1. The van der Waals surface area contributed by atoms with E-state index in [1.54, 1.807) is 6.92 Å². The van der Waals surface area contributed by atoms with E-state index in [2.05, 4.69) is 10.3 Å². The largest absolute Gasteiger partial charge is 0.417 e. The van der Waals surface area contributed by atoms with E-state index in [0.717, 1.165) is 24.0 Å². The minimum Gasteiger partial charge on any atom is -0.325 e. The Bertz CT molecular complexity index is 689. The van der Waals surface area contributed by atoms with Gasteiger partial charge in [0, 0.05) is 11.9 Å². The molecule has 3 nitrogen and oxygen atoms in total. The van der Waals surface area contributed by atoms with Crippen molar-refractivity contribution in [3.05, 3.63) is 54.0 Å². The zero-order chi connectivity index (χ0) is 17.0. The summed E-state index contributed by atoms with van der Waals surface area (Å²) in [4.78, 5) is 15.7. The van der Waals surface area contributed by atoms with Crippen LogP contribution in [0.15, 0.2) is 47.6 Å². The Kier molecular flexibility index (Phi) is 5.25. The number of anilines is 1. The first-order valence-electron chi connectivity index (χ1n) is 6.52. The molecule has 1 amide bonds. The summed E-state index contributed by atoms with van der Waals surface area (Å²) < 4.78 is 50.4. The number of aromatic nitrogens is 1. The van der Waals surface area contributed by atoms with Crippen LogP contribution in [0.4, 0.5) is 23.2 Å². The summed E-state index contributed by atoms with van der Waals surface area (Å²) in [6, 6.07) is 7.53. The molecule has 2 aromatic rings. The number of nitrogens with one attached hydrogen (secondary N) is 1. The quantitative estimate of drug-likeness (QED) is 0.662. The number of nitrogens with zero attached hydrogens (tertiary/aromatic N) is 1. The Morgan fingerprint density at radius 2 is 2.00 bits per heavy atom. The number of rotatable bonds is 4. The number of thioether (sulfide) groups is 1. The zero-order valence-corrected chi connectivity index (χ0v) is 12.7. The van der Waals surface area contributed by atoms with Gasteiger partial charge < -0.3 is 5.32 Å². The minimum absolute atomic E-state index is 0.292. The number of alkyl halides is 3. The van der Waals surface area contributed by atoms with Gasteiger partial charge in [-0.25, -0.2) is 9.37 Å². The highest BCUT2D eigenvalue weighted by atomic mass is 32.2. The molecule has 0 saturated heterocycles. The summed E-state index contributed by atoms with van der Waals surface area (Å²) in [5.41, 5.74) is -0.540. The van der Waals surface area contributed by atoms with E-state index in [9.17, 15) is 22.4 Å². The highest BCUT2D eigenvalue weighted by Crippen LogP contribution is 2.30. The molecule has 2 rings (SSSR count). The topological polar surface area (TPSA) is 42.0 Å². The average molecular weight is 344 g/mol. The van der Waals surface area contributed by atoms with Crippen molar-refractivity contribution < 1.29 is 22.4 Å². The Hall–Kier alpha value is -2.09. The Balaban J connectivity index is 1.98. The van der Waals surface area contributed by atoms with Crippen LogP contribution in [0.25, 0.3) is 0 Å². The molecule has 0 saturated carbocycles. The van der Waals surface area contributed by atoms with E-state index < -0.39 is 28.7 Å². The van der Waals surface area contributed by atoms with Crippen LogP contribution in [0, 0.1) is 5.82 Å². The minimum atomic E-state index is -4.45. The van der Waals surface area contributed by atoms with Crippen molar-refractivity contribution in [3.63, 3.8) is 0 Å². The number of carbonyl (C=O) groups is 1. The fraction of sp³-hybridized carbons (Fsp3) is 0.200. The van der Waals surface area contributed by atoms with E-state index in [4.69, 9.17) is 0 Å². The predicted molar refractivity (Wildman–Crippen MR) is 79.6 cm³/mol. The molecule has 0 fully saturated rings. The highest BCUT2D eigenvalue weighted by molar-refractivity contribution is 8.00. The van der Waals surface area contributed by atoms with Crippen LogP contribution in [0.1, 0.15) is 12.5 Å². The smallest absolute Gasteiger partial charge is 0.325 e. The van der Waals surface area contributed by atoms with Crippen molar-refractivity contribution in [2.45, 2.75) is 23.4 Å². The van der Waals surface area contributed by atoms with Crippen LogP contribution in [-0.2, 0) is 11.0 Å². The summed E-state index contributed by atoms with van der Waals surface area (Å²) in [5.74, 6) is -0.880. The third-order valence-corrected chi connectivity index (χ3v) is 3.87. The van der Waals surface area contributed by atoms with Gasteiger partial charge in [0.1, 0.15) is 5.82 Å². The van der Waals surface area contributed by atoms with Crippen molar-refractivity contribution in [1.29, 1.82) is 0 Å². The maximum atomic E-state index is 13.0. The van der Waals surface area contributed by atoms with Crippen molar-refractivity contribution in [3.8, 4) is 0 Å². The molecule has 0 aliphatic rings. The van der Waals surface area contributed by atoms with Gasteiger partial charge in [-0.3, -0.25) is 4.79 Å². The van der Waals surface area contributed by atoms with Gasteiger partial charge in [-0.1, -0.05) is 17.8 Å². The van der Waals surface area contributed by atoms with Gasteiger partial charge in [-0.15, -0.1) is 0 Å². The van der Waals surface area contributed by atoms with Crippen LogP contribution in [0.3, 0.4) is 0 Å². The van der Waals surface area contributed by atoms with E-state index in [-0.39, 0.29) is 0 Å². The lowest BCUT2D eigenvalue weighted by atomic mass is 10.3. The average Bonchev–Trinajstić information content (AvgIpc) is 2.46. The molecule has 1 N–H and O–H groups in total. The van der Waals surface area contributed by atoms with E-state index >= 15 is 0 Å². The first kappa shape index (κ1) is 17.3. The van der Waals surface area contributed by atoms with Gasteiger partial charge in [-0.2, -0.15) is 13.2 Å². The lowest BCUT2D eigenvalue weighted by Gasteiger charge is -2.12. The molecule has 1 unspecified atom stereocenters. The molecule has 1 atom stereocenters. The third kappa shape index (κ3) is 4.95. The lowest BCUT2D eigenvalue weighted by Crippen LogP contribution is -2.22. The molecular weight excluding hydrogens is 332 g/mol. The zero-order valence-electron chi connectivity index (χ0n) is 11.9. The second-order valence-electron chi connectivity index (χ2n) is 4.64. The van der Waals surface area contributed by atoms with E-state index in [0.29, 0.717) is 10.7 Å². The fourth-order valence-corrected chi connectivity index (χ4v) is 2.45. The number of hydrogen-bond acceptors (Lipinski definition) is 3. The molecule has 0 aliphatic carbocycles. The molecule has 1 aromatic carbocycles. The first-order valence-corrected chi connectivity index (χ1v) is 7.40. The molecular formula is C15H12F4N2OS. The van der Waals surface area contributed by atoms with Crippen LogP contribution in [0.5, 0.6) is 0 Å². The summed E-state index contributed by atoms with van der Waals surface area (Å²) in [6.07, 6.45) is -3.73. The van der Waals surface area contributed by atoms with Crippen LogP contribution >= 0.6 is 11.8 Å². The first-order chi connectivity index (χ1) is 10.8. The number of hydrogen-bond donors (Lipinski definition) is 1. The predicted octanol–water partition coefficient (Wildman–Crippen LogP) is 4.36. The Morgan fingerprint density at radius 1 is 1.26 bits per heavy atom. The molecule has 1 heterocycles. The van der Waals surface area contributed by atoms with Crippen LogP contribution < -0.4 is 5.32 Å². The molecule has 0 bridgehead atoms.